The Morgan fingerprint density at radius 2 is 1.92 bits per heavy atom. The summed E-state index contributed by atoms with van der Waals surface area (Å²) in [5, 5.41) is 5.34. The molecule has 0 aliphatic rings. The highest BCUT2D eigenvalue weighted by Gasteiger charge is 2.08. The second-order valence-corrected chi connectivity index (χ2v) is 7.30. The number of thioether (sulfide) groups is 1. The Hall–Kier alpha value is -2.31. The van der Waals surface area contributed by atoms with Crippen LogP contribution in [-0.4, -0.2) is 17.5 Å². The summed E-state index contributed by atoms with van der Waals surface area (Å²) >= 11 is 3.15. The van der Waals surface area contributed by atoms with Gasteiger partial charge in [0, 0.05) is 16.0 Å². The van der Waals surface area contributed by atoms with Gasteiger partial charge in [0.1, 0.15) is 5.75 Å². The molecule has 0 fully saturated rings. The number of benzene rings is 2. The van der Waals surface area contributed by atoms with E-state index in [1.165, 1.54) is 16.2 Å². The van der Waals surface area contributed by atoms with Gasteiger partial charge < -0.3 is 4.74 Å². The van der Waals surface area contributed by atoms with Crippen LogP contribution in [0.25, 0.3) is 0 Å². The van der Waals surface area contributed by atoms with Crippen molar-refractivity contribution in [1.29, 1.82) is 0 Å². The summed E-state index contributed by atoms with van der Waals surface area (Å²) in [4.78, 5) is 17.6. The third-order valence-corrected chi connectivity index (χ3v) is 5.17. The van der Waals surface area contributed by atoms with Crippen LogP contribution in [0.15, 0.2) is 64.9 Å². The molecular weight excluding hydrogens is 352 g/mol. The molecule has 25 heavy (non-hydrogen) atoms. The first-order valence-corrected chi connectivity index (χ1v) is 9.67. The summed E-state index contributed by atoms with van der Waals surface area (Å²) in [6, 6.07) is 17.8. The van der Waals surface area contributed by atoms with Gasteiger partial charge in [-0.2, -0.15) is 0 Å². The molecule has 1 heterocycles. The first-order valence-electron chi connectivity index (χ1n) is 7.80. The van der Waals surface area contributed by atoms with E-state index < -0.39 is 0 Å². The first-order chi connectivity index (χ1) is 12.2. The van der Waals surface area contributed by atoms with Gasteiger partial charge in [0.05, 0.1) is 5.69 Å². The Labute approximate surface area is 155 Å². The Bertz CT molecular complexity index is 817. The van der Waals surface area contributed by atoms with Crippen LogP contribution in [0.2, 0.25) is 0 Å². The molecular formula is C19H18N2O2S2. The summed E-state index contributed by atoms with van der Waals surface area (Å²) < 4.78 is 5.47. The number of nitrogens with zero attached hydrogens (tertiary/aromatic N) is 1. The predicted octanol–water partition coefficient (Wildman–Crippen LogP) is 4.76. The molecule has 0 saturated carbocycles. The van der Waals surface area contributed by atoms with Crippen molar-refractivity contribution in [2.75, 3.05) is 11.9 Å². The molecule has 1 N–H and O–H groups in total. The van der Waals surface area contributed by atoms with Crippen LogP contribution in [0.5, 0.6) is 5.75 Å². The number of nitrogens with one attached hydrogen (secondary N) is 1. The summed E-state index contributed by atoms with van der Waals surface area (Å²) in [6.07, 6.45) is 0. The highest BCUT2D eigenvalue weighted by Crippen LogP contribution is 2.24. The number of hydrogen-bond acceptors (Lipinski definition) is 5. The van der Waals surface area contributed by atoms with Crippen LogP contribution in [0.1, 0.15) is 11.3 Å². The molecule has 4 nitrogen and oxygen atoms in total. The van der Waals surface area contributed by atoms with Crippen LogP contribution in [0, 0.1) is 6.92 Å². The van der Waals surface area contributed by atoms with Crippen molar-refractivity contribution in [1.82, 2.24) is 4.98 Å². The first kappa shape index (κ1) is 17.5. The number of carbonyl (C=O) groups excluding carboxylic acids is 1. The molecule has 6 heteroatoms. The number of rotatable bonds is 7. The predicted molar refractivity (Wildman–Crippen MR) is 103 cm³/mol. The minimum atomic E-state index is -0.211. The van der Waals surface area contributed by atoms with Gasteiger partial charge in [-0.05, 0) is 31.2 Å². The highest BCUT2D eigenvalue weighted by molar-refractivity contribution is 7.98. The van der Waals surface area contributed by atoms with Crippen molar-refractivity contribution in [2.24, 2.45) is 0 Å². The molecule has 0 bridgehead atoms. The number of anilines is 1. The standard InChI is InChI=1S/C19H18N2O2S2/c1-14-7-9-16(10-8-14)23-11-18(22)21-19-20-15(13-25-19)12-24-17-5-3-2-4-6-17/h2-10,13H,11-12H2,1H3,(H,20,21,22). The maximum atomic E-state index is 12.0. The molecule has 0 saturated heterocycles. The van der Waals surface area contributed by atoms with Gasteiger partial charge in [0.15, 0.2) is 11.7 Å². The largest absolute Gasteiger partial charge is 0.484 e. The Morgan fingerprint density at radius 3 is 2.68 bits per heavy atom. The van der Waals surface area contributed by atoms with E-state index >= 15 is 0 Å². The third-order valence-electron chi connectivity index (χ3n) is 3.32. The summed E-state index contributed by atoms with van der Waals surface area (Å²) in [5.41, 5.74) is 2.11. The molecule has 3 aromatic rings. The zero-order valence-electron chi connectivity index (χ0n) is 13.8. The fraction of sp³-hybridized carbons (Fsp3) is 0.158. The monoisotopic (exact) mass is 370 g/mol. The molecule has 128 valence electrons. The molecule has 0 spiro atoms. The van der Waals surface area contributed by atoms with Gasteiger partial charge in [-0.15, -0.1) is 23.1 Å². The molecule has 0 aliphatic carbocycles. The second-order valence-electron chi connectivity index (χ2n) is 5.40. The van der Waals surface area contributed by atoms with Crippen LogP contribution in [0.4, 0.5) is 5.13 Å². The van der Waals surface area contributed by atoms with Gasteiger partial charge in [-0.3, -0.25) is 10.1 Å². The van der Waals surface area contributed by atoms with Crippen molar-refractivity contribution < 1.29 is 9.53 Å². The zero-order valence-corrected chi connectivity index (χ0v) is 15.4. The third kappa shape index (κ3) is 5.62. The van der Waals surface area contributed by atoms with Crippen molar-refractivity contribution in [2.45, 2.75) is 17.6 Å². The fourth-order valence-electron chi connectivity index (χ4n) is 2.04. The number of carbonyl (C=O) groups is 1. The smallest absolute Gasteiger partial charge is 0.264 e. The molecule has 0 radical (unpaired) electrons. The average molecular weight is 370 g/mol. The molecule has 0 unspecified atom stereocenters. The second kappa shape index (κ2) is 8.69. The SMILES string of the molecule is Cc1ccc(OCC(=O)Nc2nc(CSc3ccccc3)cs2)cc1. The number of hydrogen-bond donors (Lipinski definition) is 1. The Morgan fingerprint density at radius 1 is 1.16 bits per heavy atom. The van der Waals surface area contributed by atoms with Crippen LogP contribution in [-0.2, 0) is 10.5 Å². The quantitative estimate of drug-likeness (QED) is 0.609. The van der Waals surface area contributed by atoms with Crippen LogP contribution < -0.4 is 10.1 Å². The maximum absolute atomic E-state index is 12.0. The number of aryl methyl sites for hydroxylation is 1. The molecule has 3 rings (SSSR count). The lowest BCUT2D eigenvalue weighted by molar-refractivity contribution is -0.118. The number of thiazole rings is 1. The highest BCUT2D eigenvalue weighted by atomic mass is 32.2. The van der Waals surface area contributed by atoms with E-state index in [9.17, 15) is 4.79 Å². The Kier molecular flexibility index (Phi) is 6.09. The number of aromatic nitrogens is 1. The van der Waals surface area contributed by atoms with Crippen molar-refractivity contribution >= 4 is 34.1 Å². The van der Waals surface area contributed by atoms with Crippen molar-refractivity contribution in [3.63, 3.8) is 0 Å². The molecule has 0 aliphatic heterocycles. The molecule has 1 aromatic heterocycles. The number of ether oxygens (including phenoxy) is 1. The lowest BCUT2D eigenvalue weighted by Crippen LogP contribution is -2.20. The van der Waals surface area contributed by atoms with Gasteiger partial charge in [0.25, 0.3) is 5.91 Å². The summed E-state index contributed by atoms with van der Waals surface area (Å²) in [5.74, 6) is 1.24. The maximum Gasteiger partial charge on any atom is 0.264 e. The summed E-state index contributed by atoms with van der Waals surface area (Å²) in [6.45, 7) is 1.98. The van der Waals surface area contributed by atoms with Crippen LogP contribution in [0.3, 0.4) is 0 Å². The Balaban J connectivity index is 1.45. The van der Waals surface area contributed by atoms with E-state index in [2.05, 4.69) is 22.4 Å². The van der Waals surface area contributed by atoms with E-state index in [1.54, 1.807) is 11.8 Å². The van der Waals surface area contributed by atoms with Gasteiger partial charge in [-0.25, -0.2) is 4.98 Å². The molecule has 1 amide bonds. The fourth-order valence-corrected chi connectivity index (χ4v) is 3.69. The van der Waals surface area contributed by atoms with E-state index in [0.717, 1.165) is 17.0 Å². The van der Waals surface area contributed by atoms with E-state index in [0.29, 0.717) is 10.9 Å². The topological polar surface area (TPSA) is 51.2 Å². The van der Waals surface area contributed by atoms with E-state index in [-0.39, 0.29) is 12.5 Å². The normalized spacial score (nSPS) is 10.4. The number of amides is 1. The van der Waals surface area contributed by atoms with E-state index in [1.807, 2.05) is 54.8 Å². The lowest BCUT2D eigenvalue weighted by atomic mass is 10.2. The molecule has 2 aromatic carbocycles. The van der Waals surface area contributed by atoms with E-state index in [4.69, 9.17) is 4.74 Å². The van der Waals surface area contributed by atoms with Gasteiger partial charge in [0.2, 0.25) is 0 Å². The average Bonchev–Trinajstić information content (AvgIpc) is 3.08. The van der Waals surface area contributed by atoms with Gasteiger partial charge in [-0.1, -0.05) is 35.9 Å². The molecule has 0 atom stereocenters. The minimum Gasteiger partial charge on any atom is -0.484 e. The van der Waals surface area contributed by atoms with Crippen molar-refractivity contribution in [3.05, 3.63) is 71.2 Å². The van der Waals surface area contributed by atoms with Crippen molar-refractivity contribution in [3.8, 4) is 5.75 Å². The van der Waals surface area contributed by atoms with Crippen LogP contribution >= 0.6 is 23.1 Å². The summed E-state index contributed by atoms with van der Waals surface area (Å²) in [7, 11) is 0. The lowest BCUT2D eigenvalue weighted by Gasteiger charge is -2.05. The van der Waals surface area contributed by atoms with Gasteiger partial charge >= 0.3 is 0 Å². The zero-order chi connectivity index (χ0) is 17.5. The minimum absolute atomic E-state index is 0.0310.